The molecule has 1 N–H and O–H groups in total. The molecule has 0 aliphatic rings. The zero-order chi connectivity index (χ0) is 14.8. The van der Waals surface area contributed by atoms with Crippen molar-refractivity contribution in [2.24, 2.45) is 0 Å². The number of nitrogens with zero attached hydrogens (tertiary/aromatic N) is 1. The number of hydrogen-bond acceptors (Lipinski definition) is 3. The molecular formula is C16H12BrClN2S. The average molecular weight is 380 g/mol. The molecule has 0 atom stereocenters. The zero-order valence-corrected chi connectivity index (χ0v) is 14.4. The highest BCUT2D eigenvalue weighted by atomic mass is 79.9. The van der Waals surface area contributed by atoms with E-state index in [-0.39, 0.29) is 0 Å². The molecule has 1 aromatic heterocycles. The fraction of sp³-hybridized carbons (Fsp3) is 0.0625. The topological polar surface area (TPSA) is 24.9 Å². The fourth-order valence-corrected chi connectivity index (χ4v) is 3.36. The fourth-order valence-electron chi connectivity index (χ4n) is 2.00. The molecule has 21 heavy (non-hydrogen) atoms. The van der Waals surface area contributed by atoms with Gasteiger partial charge in [-0.1, -0.05) is 35.9 Å². The van der Waals surface area contributed by atoms with Crippen LogP contribution in [0.15, 0.2) is 53.0 Å². The molecule has 0 spiro atoms. The first kappa shape index (κ1) is 14.6. The molecule has 0 aliphatic carbocycles. The number of para-hydroxylation sites is 1. The summed E-state index contributed by atoms with van der Waals surface area (Å²) in [7, 11) is 0. The second kappa shape index (κ2) is 6.18. The summed E-state index contributed by atoms with van der Waals surface area (Å²) in [6, 6.07) is 15.8. The molecule has 106 valence electrons. The summed E-state index contributed by atoms with van der Waals surface area (Å²) >= 11 is 11.1. The lowest BCUT2D eigenvalue weighted by atomic mass is 10.1. The zero-order valence-electron chi connectivity index (χ0n) is 11.2. The van der Waals surface area contributed by atoms with E-state index >= 15 is 0 Å². The van der Waals surface area contributed by atoms with Crippen LogP contribution in [0.1, 0.15) is 4.88 Å². The normalized spacial score (nSPS) is 10.6. The van der Waals surface area contributed by atoms with E-state index in [4.69, 9.17) is 11.6 Å². The molecule has 0 amide bonds. The second-order valence-corrected chi connectivity index (χ2v) is 7.03. The van der Waals surface area contributed by atoms with Crippen LogP contribution in [0.25, 0.3) is 11.3 Å². The van der Waals surface area contributed by atoms with Gasteiger partial charge in [-0.15, -0.1) is 11.3 Å². The Morgan fingerprint density at radius 3 is 2.52 bits per heavy atom. The van der Waals surface area contributed by atoms with Gasteiger partial charge >= 0.3 is 0 Å². The minimum absolute atomic E-state index is 0.734. The molecule has 0 bridgehead atoms. The summed E-state index contributed by atoms with van der Waals surface area (Å²) < 4.78 is 1.02. The summed E-state index contributed by atoms with van der Waals surface area (Å²) in [5.74, 6) is 0. The Morgan fingerprint density at radius 1 is 1.10 bits per heavy atom. The minimum Gasteiger partial charge on any atom is -0.331 e. The molecule has 0 radical (unpaired) electrons. The van der Waals surface area contributed by atoms with E-state index in [1.54, 1.807) is 11.3 Å². The molecule has 5 heteroatoms. The Hall–Kier alpha value is -1.36. The Morgan fingerprint density at radius 2 is 1.81 bits per heavy atom. The molecule has 0 aliphatic heterocycles. The van der Waals surface area contributed by atoms with Crippen LogP contribution in [0.2, 0.25) is 5.02 Å². The van der Waals surface area contributed by atoms with Crippen LogP contribution >= 0.6 is 38.9 Å². The van der Waals surface area contributed by atoms with Crippen LogP contribution in [0.3, 0.4) is 0 Å². The maximum Gasteiger partial charge on any atom is 0.188 e. The van der Waals surface area contributed by atoms with Crippen molar-refractivity contribution in [2.75, 3.05) is 5.32 Å². The first-order valence-electron chi connectivity index (χ1n) is 6.38. The molecule has 2 nitrogen and oxygen atoms in total. The summed E-state index contributed by atoms with van der Waals surface area (Å²) in [4.78, 5) is 5.86. The summed E-state index contributed by atoms with van der Waals surface area (Å²) in [5.41, 5.74) is 3.08. The quantitative estimate of drug-likeness (QED) is 0.579. The van der Waals surface area contributed by atoms with Crippen molar-refractivity contribution < 1.29 is 0 Å². The molecular weight excluding hydrogens is 368 g/mol. The standard InChI is InChI=1S/C16H12BrClN2S/c1-10-15(11-6-8-12(18)9-7-11)20-16(21-10)19-14-5-3-2-4-13(14)17/h2-9H,1H3,(H,19,20). The summed E-state index contributed by atoms with van der Waals surface area (Å²) in [6.07, 6.45) is 0. The number of rotatable bonds is 3. The third kappa shape index (κ3) is 3.28. The van der Waals surface area contributed by atoms with E-state index in [2.05, 4.69) is 33.2 Å². The van der Waals surface area contributed by atoms with Gasteiger partial charge in [0.25, 0.3) is 0 Å². The lowest BCUT2D eigenvalue weighted by Gasteiger charge is -2.04. The van der Waals surface area contributed by atoms with Crippen molar-refractivity contribution in [3.8, 4) is 11.3 Å². The minimum atomic E-state index is 0.734. The Balaban J connectivity index is 1.91. The van der Waals surface area contributed by atoms with Crippen molar-refractivity contribution >= 4 is 49.7 Å². The van der Waals surface area contributed by atoms with Crippen LogP contribution < -0.4 is 5.32 Å². The SMILES string of the molecule is Cc1sc(Nc2ccccc2Br)nc1-c1ccc(Cl)cc1. The van der Waals surface area contributed by atoms with Crippen LogP contribution in [-0.4, -0.2) is 4.98 Å². The lowest BCUT2D eigenvalue weighted by Crippen LogP contribution is -1.90. The molecule has 0 unspecified atom stereocenters. The molecule has 0 fully saturated rings. The highest BCUT2D eigenvalue weighted by Crippen LogP contribution is 2.34. The number of aryl methyl sites for hydroxylation is 1. The number of aromatic nitrogens is 1. The van der Waals surface area contributed by atoms with Gasteiger partial charge in [0.2, 0.25) is 0 Å². The van der Waals surface area contributed by atoms with Gasteiger partial charge in [-0.05, 0) is 47.1 Å². The maximum absolute atomic E-state index is 5.93. The molecule has 0 saturated carbocycles. The highest BCUT2D eigenvalue weighted by Gasteiger charge is 2.10. The van der Waals surface area contributed by atoms with Crippen molar-refractivity contribution in [3.63, 3.8) is 0 Å². The van der Waals surface area contributed by atoms with Crippen molar-refractivity contribution in [2.45, 2.75) is 6.92 Å². The van der Waals surface area contributed by atoms with Gasteiger partial charge in [-0.3, -0.25) is 0 Å². The van der Waals surface area contributed by atoms with Gasteiger partial charge in [0, 0.05) is 19.9 Å². The second-order valence-electron chi connectivity index (χ2n) is 4.54. The monoisotopic (exact) mass is 378 g/mol. The van der Waals surface area contributed by atoms with Crippen LogP contribution in [0.5, 0.6) is 0 Å². The maximum atomic E-state index is 5.93. The van der Waals surface area contributed by atoms with Gasteiger partial charge in [0.1, 0.15) is 0 Å². The van der Waals surface area contributed by atoms with E-state index in [0.717, 1.165) is 31.6 Å². The van der Waals surface area contributed by atoms with Crippen molar-refractivity contribution in [3.05, 3.63) is 62.9 Å². The van der Waals surface area contributed by atoms with Crippen molar-refractivity contribution in [1.82, 2.24) is 4.98 Å². The summed E-state index contributed by atoms with van der Waals surface area (Å²) in [6.45, 7) is 2.08. The molecule has 0 saturated heterocycles. The van der Waals surface area contributed by atoms with Crippen LogP contribution in [0, 0.1) is 6.92 Å². The molecule has 2 aromatic carbocycles. The molecule has 3 aromatic rings. The third-order valence-electron chi connectivity index (χ3n) is 3.03. The highest BCUT2D eigenvalue weighted by molar-refractivity contribution is 9.10. The van der Waals surface area contributed by atoms with E-state index in [1.165, 1.54) is 4.88 Å². The van der Waals surface area contributed by atoms with E-state index in [0.29, 0.717) is 0 Å². The van der Waals surface area contributed by atoms with Gasteiger partial charge < -0.3 is 5.32 Å². The number of nitrogens with one attached hydrogen (secondary N) is 1. The van der Waals surface area contributed by atoms with Crippen LogP contribution in [-0.2, 0) is 0 Å². The summed E-state index contributed by atoms with van der Waals surface area (Å²) in [5, 5.41) is 4.96. The first-order valence-corrected chi connectivity index (χ1v) is 8.37. The first-order chi connectivity index (χ1) is 10.1. The van der Waals surface area contributed by atoms with E-state index < -0.39 is 0 Å². The van der Waals surface area contributed by atoms with Crippen LogP contribution in [0.4, 0.5) is 10.8 Å². The Bertz CT molecular complexity index is 768. The number of hydrogen-bond donors (Lipinski definition) is 1. The van der Waals surface area contributed by atoms with Gasteiger partial charge in [-0.25, -0.2) is 4.98 Å². The van der Waals surface area contributed by atoms with E-state index in [1.807, 2.05) is 48.5 Å². The smallest absolute Gasteiger partial charge is 0.188 e. The number of thiazole rings is 1. The van der Waals surface area contributed by atoms with Gasteiger partial charge in [0.15, 0.2) is 5.13 Å². The largest absolute Gasteiger partial charge is 0.331 e. The molecule has 3 rings (SSSR count). The number of anilines is 2. The number of halogens is 2. The number of benzene rings is 2. The van der Waals surface area contributed by atoms with E-state index in [9.17, 15) is 0 Å². The Labute approximate surface area is 140 Å². The van der Waals surface area contributed by atoms with Gasteiger partial charge in [-0.2, -0.15) is 0 Å². The lowest BCUT2D eigenvalue weighted by molar-refractivity contribution is 1.35. The van der Waals surface area contributed by atoms with Gasteiger partial charge in [0.05, 0.1) is 11.4 Å². The predicted octanol–water partition coefficient (Wildman–Crippen LogP) is 6.28. The van der Waals surface area contributed by atoms with Crippen molar-refractivity contribution in [1.29, 1.82) is 0 Å². The average Bonchev–Trinajstić information content (AvgIpc) is 2.83. The predicted molar refractivity (Wildman–Crippen MR) is 94.7 cm³/mol. The third-order valence-corrected chi connectivity index (χ3v) is 4.86. The molecule has 1 heterocycles. The Kier molecular flexibility index (Phi) is 4.29.